The van der Waals surface area contributed by atoms with E-state index in [9.17, 15) is 0 Å². The van der Waals surface area contributed by atoms with Gasteiger partial charge in [-0.05, 0) is 44.7 Å². The smallest absolute Gasteiger partial charge is 0.226 e. The van der Waals surface area contributed by atoms with Gasteiger partial charge < -0.3 is 9.84 Å². The Kier molecular flexibility index (Phi) is 5.06. The number of rotatable bonds is 3. The van der Waals surface area contributed by atoms with Gasteiger partial charge in [0.25, 0.3) is 0 Å². The summed E-state index contributed by atoms with van der Waals surface area (Å²) in [5, 5.41) is 7.72. The van der Waals surface area contributed by atoms with E-state index in [1.54, 1.807) is 0 Å². The molecule has 1 unspecified atom stereocenters. The predicted octanol–water partition coefficient (Wildman–Crippen LogP) is 3.44. The summed E-state index contributed by atoms with van der Waals surface area (Å²) in [7, 11) is 0. The summed E-state index contributed by atoms with van der Waals surface area (Å²) in [5.41, 5.74) is 0. The van der Waals surface area contributed by atoms with Crippen LogP contribution in [0.15, 0.2) is 4.52 Å². The Morgan fingerprint density at radius 2 is 1.80 bits per heavy atom. The third-order valence-corrected chi connectivity index (χ3v) is 4.82. The monoisotopic (exact) mass is 277 g/mol. The molecule has 4 nitrogen and oxygen atoms in total. The van der Waals surface area contributed by atoms with Crippen LogP contribution in [0.4, 0.5) is 0 Å². The van der Waals surface area contributed by atoms with Gasteiger partial charge in [0, 0.05) is 12.3 Å². The summed E-state index contributed by atoms with van der Waals surface area (Å²) in [6.07, 6.45) is 12.8. The average molecular weight is 277 g/mol. The SMILES string of the molecule is C1CCCC(c2noc(CC3CCCNC3)n2)CCC1. The first-order chi connectivity index (χ1) is 9.92. The Morgan fingerprint density at radius 1 is 1.00 bits per heavy atom. The maximum absolute atomic E-state index is 5.50. The molecular weight excluding hydrogens is 250 g/mol. The first-order valence-corrected chi connectivity index (χ1v) is 8.45. The van der Waals surface area contributed by atoms with E-state index in [1.807, 2.05) is 0 Å². The van der Waals surface area contributed by atoms with E-state index >= 15 is 0 Å². The van der Waals surface area contributed by atoms with E-state index in [4.69, 9.17) is 9.51 Å². The number of hydrogen-bond acceptors (Lipinski definition) is 4. The lowest BCUT2D eigenvalue weighted by Gasteiger charge is -2.20. The molecular formula is C16H27N3O. The van der Waals surface area contributed by atoms with Crippen LogP contribution < -0.4 is 5.32 Å². The van der Waals surface area contributed by atoms with Crippen LogP contribution in [0.5, 0.6) is 0 Å². The summed E-state index contributed by atoms with van der Waals surface area (Å²) >= 11 is 0. The molecule has 1 aromatic heterocycles. The number of nitrogens with one attached hydrogen (secondary N) is 1. The van der Waals surface area contributed by atoms with Crippen molar-refractivity contribution in [2.75, 3.05) is 13.1 Å². The van der Waals surface area contributed by atoms with Gasteiger partial charge in [-0.15, -0.1) is 0 Å². The van der Waals surface area contributed by atoms with Crippen LogP contribution in [0.2, 0.25) is 0 Å². The van der Waals surface area contributed by atoms with E-state index in [0.29, 0.717) is 11.8 Å². The molecule has 0 amide bonds. The van der Waals surface area contributed by atoms with E-state index in [1.165, 1.54) is 57.8 Å². The molecule has 1 saturated carbocycles. The van der Waals surface area contributed by atoms with Crippen molar-refractivity contribution in [2.45, 2.75) is 70.1 Å². The maximum Gasteiger partial charge on any atom is 0.226 e. The van der Waals surface area contributed by atoms with Crippen molar-refractivity contribution in [2.24, 2.45) is 5.92 Å². The van der Waals surface area contributed by atoms with Gasteiger partial charge in [-0.2, -0.15) is 4.98 Å². The predicted molar refractivity (Wildman–Crippen MR) is 78.7 cm³/mol. The van der Waals surface area contributed by atoms with Gasteiger partial charge in [-0.1, -0.05) is 37.3 Å². The first kappa shape index (κ1) is 14.1. The highest BCUT2D eigenvalue weighted by Gasteiger charge is 2.21. The Labute approximate surface area is 121 Å². The second-order valence-electron chi connectivity index (χ2n) is 6.50. The quantitative estimate of drug-likeness (QED) is 0.919. The highest BCUT2D eigenvalue weighted by atomic mass is 16.5. The molecule has 20 heavy (non-hydrogen) atoms. The van der Waals surface area contributed by atoms with Crippen LogP contribution in [0.25, 0.3) is 0 Å². The summed E-state index contributed by atoms with van der Waals surface area (Å²) in [5.74, 6) is 3.05. The van der Waals surface area contributed by atoms with Crippen LogP contribution in [0.3, 0.4) is 0 Å². The van der Waals surface area contributed by atoms with Gasteiger partial charge in [-0.3, -0.25) is 0 Å². The second-order valence-corrected chi connectivity index (χ2v) is 6.50. The van der Waals surface area contributed by atoms with Crippen molar-refractivity contribution in [3.05, 3.63) is 11.7 Å². The van der Waals surface area contributed by atoms with Crippen molar-refractivity contribution < 1.29 is 4.52 Å². The molecule has 1 N–H and O–H groups in total. The van der Waals surface area contributed by atoms with E-state index < -0.39 is 0 Å². The number of piperidine rings is 1. The first-order valence-electron chi connectivity index (χ1n) is 8.45. The van der Waals surface area contributed by atoms with Gasteiger partial charge >= 0.3 is 0 Å². The van der Waals surface area contributed by atoms with Gasteiger partial charge in [0.15, 0.2) is 5.82 Å². The zero-order valence-electron chi connectivity index (χ0n) is 12.4. The second kappa shape index (κ2) is 7.21. The minimum absolute atomic E-state index is 0.539. The van der Waals surface area contributed by atoms with Gasteiger partial charge in [-0.25, -0.2) is 0 Å². The van der Waals surface area contributed by atoms with E-state index in [-0.39, 0.29) is 0 Å². The maximum atomic E-state index is 5.50. The standard InChI is InChI=1S/C16H27N3O/c1-2-4-8-14(9-5-3-1)16-18-15(20-19-16)11-13-7-6-10-17-12-13/h13-14,17H,1-12H2. The molecule has 1 saturated heterocycles. The fourth-order valence-electron chi connectivity index (χ4n) is 3.58. The topological polar surface area (TPSA) is 51.0 Å². The zero-order valence-corrected chi connectivity index (χ0v) is 12.4. The van der Waals surface area contributed by atoms with Crippen LogP contribution in [-0.4, -0.2) is 23.2 Å². The average Bonchev–Trinajstić information content (AvgIpc) is 2.88. The Balaban J connectivity index is 1.57. The summed E-state index contributed by atoms with van der Waals surface area (Å²) in [6.45, 7) is 2.26. The lowest BCUT2D eigenvalue weighted by Crippen LogP contribution is -2.30. The lowest BCUT2D eigenvalue weighted by atomic mass is 9.91. The third-order valence-electron chi connectivity index (χ3n) is 4.82. The van der Waals surface area contributed by atoms with Crippen LogP contribution in [-0.2, 0) is 6.42 Å². The molecule has 1 aromatic rings. The molecule has 3 rings (SSSR count). The van der Waals surface area contributed by atoms with Gasteiger partial charge in [0.2, 0.25) is 5.89 Å². The molecule has 1 aliphatic carbocycles. The molecule has 2 fully saturated rings. The molecule has 112 valence electrons. The number of aromatic nitrogens is 2. The van der Waals surface area contributed by atoms with Crippen molar-refractivity contribution in [1.82, 2.24) is 15.5 Å². The summed E-state index contributed by atoms with van der Waals surface area (Å²) < 4.78 is 5.50. The fraction of sp³-hybridized carbons (Fsp3) is 0.875. The molecule has 0 bridgehead atoms. The molecule has 0 spiro atoms. The summed E-state index contributed by atoms with van der Waals surface area (Å²) in [6, 6.07) is 0. The molecule has 0 radical (unpaired) electrons. The molecule has 1 aliphatic heterocycles. The molecule has 4 heteroatoms. The minimum atomic E-state index is 0.539. The zero-order chi connectivity index (χ0) is 13.6. The highest BCUT2D eigenvalue weighted by Crippen LogP contribution is 2.29. The van der Waals surface area contributed by atoms with Crippen LogP contribution in [0, 0.1) is 5.92 Å². The van der Waals surface area contributed by atoms with Gasteiger partial charge in [0.1, 0.15) is 0 Å². The van der Waals surface area contributed by atoms with Crippen LogP contribution >= 0.6 is 0 Å². The van der Waals surface area contributed by atoms with Crippen molar-refractivity contribution in [1.29, 1.82) is 0 Å². The molecule has 2 aliphatic rings. The minimum Gasteiger partial charge on any atom is -0.339 e. The summed E-state index contributed by atoms with van der Waals surface area (Å²) in [4.78, 5) is 4.69. The molecule has 1 atom stereocenters. The van der Waals surface area contributed by atoms with E-state index in [2.05, 4.69) is 10.5 Å². The third kappa shape index (κ3) is 3.81. The normalized spacial score (nSPS) is 26.1. The number of hydrogen-bond donors (Lipinski definition) is 1. The number of nitrogens with zero attached hydrogens (tertiary/aromatic N) is 2. The Hall–Kier alpha value is -0.900. The van der Waals surface area contributed by atoms with E-state index in [0.717, 1.165) is 31.2 Å². The lowest BCUT2D eigenvalue weighted by molar-refractivity contribution is 0.312. The van der Waals surface area contributed by atoms with Gasteiger partial charge in [0.05, 0.1) is 0 Å². The highest BCUT2D eigenvalue weighted by molar-refractivity contribution is 4.97. The largest absolute Gasteiger partial charge is 0.339 e. The van der Waals surface area contributed by atoms with Crippen molar-refractivity contribution >= 4 is 0 Å². The molecule has 0 aromatic carbocycles. The van der Waals surface area contributed by atoms with Crippen LogP contribution in [0.1, 0.15) is 75.4 Å². The Morgan fingerprint density at radius 3 is 2.55 bits per heavy atom. The molecule has 2 heterocycles. The fourth-order valence-corrected chi connectivity index (χ4v) is 3.58. The Bertz CT molecular complexity index is 390. The van der Waals surface area contributed by atoms with Crippen molar-refractivity contribution in [3.8, 4) is 0 Å². The van der Waals surface area contributed by atoms with Crippen molar-refractivity contribution in [3.63, 3.8) is 0 Å².